The molecule has 230 valence electrons. The van der Waals surface area contributed by atoms with Gasteiger partial charge in [0.25, 0.3) is 11.8 Å². The molecule has 0 aromatic heterocycles. The quantitative estimate of drug-likeness (QED) is 0.115. The monoisotopic (exact) mass is 592 g/mol. The highest BCUT2D eigenvalue weighted by Gasteiger charge is 2.26. The van der Waals surface area contributed by atoms with Crippen molar-refractivity contribution in [3.63, 3.8) is 0 Å². The van der Waals surface area contributed by atoms with Crippen molar-refractivity contribution in [3.05, 3.63) is 120 Å². The second kappa shape index (κ2) is 17.5. The molecule has 0 N–H and O–H groups in total. The van der Waals surface area contributed by atoms with Crippen LogP contribution < -0.4 is 19.3 Å². The highest BCUT2D eigenvalue weighted by molar-refractivity contribution is 6.09. The Morgan fingerprint density at radius 2 is 0.864 bits per heavy atom. The SMILES string of the molecule is CCCCCOc1ccccc1C(=O)N(CCN(C(=O)c1ccccc1OCCCCC)c1ccccc1)c1ccccc1. The number of carbonyl (C=O) groups excluding carboxylic acids is 2. The third-order valence-corrected chi connectivity index (χ3v) is 7.42. The minimum atomic E-state index is -0.178. The standard InChI is InChI=1S/C38H44N2O4/c1-3-5-17-29-43-35-25-15-13-23-33(35)37(41)39(31-19-9-7-10-20-31)27-28-40(32-21-11-8-12-22-32)38(42)34-24-14-16-26-36(34)44-30-18-6-4-2/h7-16,19-26H,3-6,17-18,27-30H2,1-2H3. The van der Waals surface area contributed by atoms with E-state index < -0.39 is 0 Å². The zero-order valence-electron chi connectivity index (χ0n) is 26.0. The number of anilines is 2. The van der Waals surface area contributed by atoms with E-state index in [-0.39, 0.29) is 24.9 Å². The first-order valence-electron chi connectivity index (χ1n) is 15.8. The fraction of sp³-hybridized carbons (Fsp3) is 0.316. The maximum atomic E-state index is 14.2. The maximum absolute atomic E-state index is 14.2. The minimum absolute atomic E-state index is 0.178. The first-order valence-corrected chi connectivity index (χ1v) is 15.8. The first-order chi connectivity index (χ1) is 21.6. The second-order valence-electron chi connectivity index (χ2n) is 10.7. The van der Waals surface area contributed by atoms with Gasteiger partial charge in [-0.05, 0) is 61.4 Å². The molecule has 0 saturated carbocycles. The Hall–Kier alpha value is -4.58. The van der Waals surface area contributed by atoms with Crippen LogP contribution in [0.3, 0.4) is 0 Å². The molecule has 0 spiro atoms. The van der Waals surface area contributed by atoms with E-state index in [4.69, 9.17) is 9.47 Å². The number of hydrogen-bond donors (Lipinski definition) is 0. The van der Waals surface area contributed by atoms with Gasteiger partial charge in [0, 0.05) is 24.5 Å². The average molecular weight is 593 g/mol. The van der Waals surface area contributed by atoms with Gasteiger partial charge >= 0.3 is 0 Å². The molecule has 44 heavy (non-hydrogen) atoms. The van der Waals surface area contributed by atoms with Crippen molar-refractivity contribution < 1.29 is 19.1 Å². The molecule has 6 heteroatoms. The van der Waals surface area contributed by atoms with E-state index >= 15 is 0 Å². The molecule has 0 atom stereocenters. The first kappa shape index (κ1) is 32.3. The lowest BCUT2D eigenvalue weighted by Gasteiger charge is -2.29. The molecule has 0 aliphatic carbocycles. The highest BCUT2D eigenvalue weighted by Crippen LogP contribution is 2.27. The number of carbonyl (C=O) groups is 2. The van der Waals surface area contributed by atoms with Crippen molar-refractivity contribution in [3.8, 4) is 11.5 Å². The van der Waals surface area contributed by atoms with Crippen LogP contribution in [-0.4, -0.2) is 38.1 Å². The molecule has 0 heterocycles. The zero-order valence-corrected chi connectivity index (χ0v) is 26.0. The van der Waals surface area contributed by atoms with Gasteiger partial charge in [-0.15, -0.1) is 0 Å². The third kappa shape index (κ3) is 8.96. The van der Waals surface area contributed by atoms with Gasteiger partial charge in [0.15, 0.2) is 0 Å². The Labute approximate surface area is 262 Å². The van der Waals surface area contributed by atoms with E-state index in [2.05, 4.69) is 13.8 Å². The van der Waals surface area contributed by atoms with Gasteiger partial charge in [-0.3, -0.25) is 9.59 Å². The summed E-state index contributed by atoms with van der Waals surface area (Å²) in [7, 11) is 0. The molecule has 0 saturated heterocycles. The van der Waals surface area contributed by atoms with Gasteiger partial charge in [-0.1, -0.05) is 100 Å². The van der Waals surface area contributed by atoms with Gasteiger partial charge in [-0.25, -0.2) is 0 Å². The number of nitrogens with zero attached hydrogens (tertiary/aromatic N) is 2. The number of benzene rings is 4. The van der Waals surface area contributed by atoms with Crippen LogP contribution in [0, 0.1) is 0 Å². The summed E-state index contributed by atoms with van der Waals surface area (Å²) >= 11 is 0. The van der Waals surface area contributed by atoms with Crippen LogP contribution in [0.25, 0.3) is 0 Å². The smallest absolute Gasteiger partial charge is 0.262 e. The van der Waals surface area contributed by atoms with Gasteiger partial charge in [0.2, 0.25) is 0 Å². The number of ether oxygens (including phenoxy) is 2. The summed E-state index contributed by atoms with van der Waals surface area (Å²) in [5.74, 6) is 0.782. The largest absolute Gasteiger partial charge is 0.493 e. The molecular formula is C38H44N2O4. The van der Waals surface area contributed by atoms with Gasteiger partial charge < -0.3 is 19.3 Å². The number of rotatable bonds is 17. The van der Waals surface area contributed by atoms with Crippen molar-refractivity contribution >= 4 is 23.2 Å². The minimum Gasteiger partial charge on any atom is -0.493 e. The topological polar surface area (TPSA) is 59.1 Å². The van der Waals surface area contributed by atoms with Crippen molar-refractivity contribution in [1.82, 2.24) is 0 Å². The van der Waals surface area contributed by atoms with Crippen molar-refractivity contribution in [2.75, 3.05) is 36.1 Å². The molecule has 0 fully saturated rings. The summed E-state index contributed by atoms with van der Waals surface area (Å²) in [6.07, 6.45) is 6.19. The van der Waals surface area contributed by atoms with Crippen molar-refractivity contribution in [1.29, 1.82) is 0 Å². The number of hydrogen-bond acceptors (Lipinski definition) is 4. The number of unbranched alkanes of at least 4 members (excludes halogenated alkanes) is 4. The second-order valence-corrected chi connectivity index (χ2v) is 10.7. The summed E-state index contributed by atoms with van der Waals surface area (Å²) < 4.78 is 12.1. The molecule has 6 nitrogen and oxygen atoms in total. The van der Waals surface area contributed by atoms with E-state index in [1.54, 1.807) is 21.9 Å². The molecule has 0 unspecified atom stereocenters. The van der Waals surface area contributed by atoms with Crippen LogP contribution in [0.4, 0.5) is 11.4 Å². The van der Waals surface area contributed by atoms with Gasteiger partial charge in [0.1, 0.15) is 11.5 Å². The van der Waals surface area contributed by atoms with E-state index in [0.717, 1.165) is 49.9 Å². The van der Waals surface area contributed by atoms with Crippen LogP contribution in [-0.2, 0) is 0 Å². The Kier molecular flexibility index (Phi) is 12.9. The number of para-hydroxylation sites is 4. The summed E-state index contributed by atoms with van der Waals surface area (Å²) in [6, 6.07) is 33.9. The van der Waals surface area contributed by atoms with E-state index in [1.165, 1.54) is 0 Å². The van der Waals surface area contributed by atoms with Crippen molar-refractivity contribution in [2.24, 2.45) is 0 Å². The fourth-order valence-corrected chi connectivity index (χ4v) is 5.01. The lowest BCUT2D eigenvalue weighted by molar-refractivity contribution is 0.0963. The molecule has 4 aromatic carbocycles. The van der Waals surface area contributed by atoms with Crippen LogP contribution in [0.1, 0.15) is 73.1 Å². The average Bonchev–Trinajstić information content (AvgIpc) is 3.08. The fourth-order valence-electron chi connectivity index (χ4n) is 5.01. The number of amides is 2. The Morgan fingerprint density at radius 3 is 1.25 bits per heavy atom. The normalized spacial score (nSPS) is 10.7. The molecule has 0 aliphatic heterocycles. The molecule has 4 aromatic rings. The Bertz CT molecular complexity index is 1330. The molecule has 0 bridgehead atoms. The third-order valence-electron chi connectivity index (χ3n) is 7.42. The maximum Gasteiger partial charge on any atom is 0.262 e. The zero-order chi connectivity index (χ0) is 31.0. The van der Waals surface area contributed by atoms with Gasteiger partial charge in [-0.2, -0.15) is 0 Å². The molecular weight excluding hydrogens is 548 g/mol. The van der Waals surface area contributed by atoms with E-state index in [9.17, 15) is 9.59 Å². The molecule has 4 rings (SSSR count). The molecule has 0 radical (unpaired) electrons. The van der Waals surface area contributed by atoms with Crippen LogP contribution in [0.5, 0.6) is 11.5 Å². The Balaban J connectivity index is 1.62. The molecule has 2 amide bonds. The predicted molar refractivity (Wildman–Crippen MR) is 179 cm³/mol. The summed E-state index contributed by atoms with van der Waals surface area (Å²) in [5, 5.41) is 0. The van der Waals surface area contributed by atoms with Crippen LogP contribution in [0.2, 0.25) is 0 Å². The van der Waals surface area contributed by atoms with Gasteiger partial charge in [0.05, 0.1) is 24.3 Å². The summed E-state index contributed by atoms with van der Waals surface area (Å²) in [4.78, 5) is 31.8. The Morgan fingerprint density at radius 1 is 0.500 bits per heavy atom. The summed E-state index contributed by atoms with van der Waals surface area (Å²) in [5.41, 5.74) is 2.49. The summed E-state index contributed by atoms with van der Waals surface area (Å²) in [6.45, 7) is 5.95. The van der Waals surface area contributed by atoms with Crippen LogP contribution >= 0.6 is 0 Å². The van der Waals surface area contributed by atoms with Crippen molar-refractivity contribution in [2.45, 2.75) is 52.4 Å². The van der Waals surface area contributed by atoms with Crippen LogP contribution in [0.15, 0.2) is 109 Å². The molecule has 0 aliphatic rings. The lowest BCUT2D eigenvalue weighted by atomic mass is 10.1. The highest BCUT2D eigenvalue weighted by atomic mass is 16.5. The van der Waals surface area contributed by atoms with E-state index in [0.29, 0.717) is 35.8 Å². The predicted octanol–water partition coefficient (Wildman–Crippen LogP) is 8.82. The van der Waals surface area contributed by atoms with E-state index in [1.807, 2.05) is 97.1 Å². The lowest BCUT2D eigenvalue weighted by Crippen LogP contribution is -2.41.